The third kappa shape index (κ3) is 6.72. The van der Waals surface area contributed by atoms with E-state index in [0.29, 0.717) is 18.5 Å². The summed E-state index contributed by atoms with van der Waals surface area (Å²) in [5.41, 5.74) is 12.3. The van der Waals surface area contributed by atoms with Crippen molar-refractivity contribution in [3.8, 4) is 0 Å². The summed E-state index contributed by atoms with van der Waals surface area (Å²) in [6, 6.07) is 6.95. The molecule has 1 aromatic carbocycles. The van der Waals surface area contributed by atoms with Crippen molar-refractivity contribution < 1.29 is 14.4 Å². The van der Waals surface area contributed by atoms with Crippen LogP contribution in [0.3, 0.4) is 0 Å². The second-order valence-corrected chi connectivity index (χ2v) is 6.18. The molecule has 0 aromatic heterocycles. The third-order valence-corrected chi connectivity index (χ3v) is 4.29. The molecule has 2 atom stereocenters. The number of hydrogen-bond acceptors (Lipinski definition) is 4. The molecule has 1 aliphatic rings. The molecule has 6 N–H and O–H groups in total. The summed E-state index contributed by atoms with van der Waals surface area (Å²) in [5.74, 6) is -0.675. The lowest BCUT2D eigenvalue weighted by Gasteiger charge is -2.14. The molecule has 138 valence electrons. The molecule has 7 nitrogen and oxygen atoms in total. The summed E-state index contributed by atoms with van der Waals surface area (Å²) >= 11 is 0. The van der Waals surface area contributed by atoms with E-state index in [1.165, 1.54) is 0 Å². The SMILES string of the molecule is Cl.NC(=O)CNC(=O)c1ccc(CNC(=O)C[C@@H]2CCC[C@H]2N)cc1. The minimum absolute atomic E-state index is 0. The largest absolute Gasteiger partial charge is 0.368 e. The number of rotatable bonds is 7. The molecule has 1 saturated carbocycles. The minimum Gasteiger partial charge on any atom is -0.368 e. The average Bonchev–Trinajstić information content (AvgIpc) is 2.96. The summed E-state index contributed by atoms with van der Waals surface area (Å²) in [5, 5.41) is 5.30. The van der Waals surface area contributed by atoms with Gasteiger partial charge in [-0.15, -0.1) is 12.4 Å². The molecule has 0 heterocycles. The first-order chi connectivity index (χ1) is 11.5. The number of amides is 3. The van der Waals surface area contributed by atoms with E-state index in [4.69, 9.17) is 11.5 Å². The summed E-state index contributed by atoms with van der Waals surface area (Å²) < 4.78 is 0. The summed E-state index contributed by atoms with van der Waals surface area (Å²) in [4.78, 5) is 34.4. The highest BCUT2D eigenvalue weighted by Crippen LogP contribution is 2.26. The Labute approximate surface area is 153 Å². The number of carbonyl (C=O) groups excluding carboxylic acids is 3. The van der Waals surface area contributed by atoms with Crippen molar-refractivity contribution in [2.75, 3.05) is 6.54 Å². The van der Waals surface area contributed by atoms with E-state index in [-0.39, 0.29) is 42.7 Å². The first kappa shape index (κ1) is 20.9. The van der Waals surface area contributed by atoms with Gasteiger partial charge in [0, 0.05) is 24.6 Å². The molecule has 1 aromatic rings. The normalized spacial score (nSPS) is 18.9. The van der Waals surface area contributed by atoms with Crippen LogP contribution in [0.15, 0.2) is 24.3 Å². The summed E-state index contributed by atoms with van der Waals surface area (Å²) in [7, 11) is 0. The van der Waals surface area contributed by atoms with Gasteiger partial charge in [0.15, 0.2) is 0 Å². The van der Waals surface area contributed by atoms with Crippen LogP contribution in [0.5, 0.6) is 0 Å². The number of nitrogens with one attached hydrogen (secondary N) is 2. The van der Waals surface area contributed by atoms with Gasteiger partial charge >= 0.3 is 0 Å². The molecular formula is C17H25ClN4O3. The number of halogens is 1. The van der Waals surface area contributed by atoms with E-state index in [9.17, 15) is 14.4 Å². The number of primary amides is 1. The quantitative estimate of drug-likeness (QED) is 0.557. The van der Waals surface area contributed by atoms with E-state index in [1.807, 2.05) is 0 Å². The monoisotopic (exact) mass is 368 g/mol. The highest BCUT2D eigenvalue weighted by molar-refractivity contribution is 5.96. The fourth-order valence-electron chi connectivity index (χ4n) is 2.87. The second-order valence-electron chi connectivity index (χ2n) is 6.18. The zero-order valence-corrected chi connectivity index (χ0v) is 14.8. The Morgan fingerprint density at radius 1 is 1.08 bits per heavy atom. The molecule has 1 fully saturated rings. The predicted octanol–water partition coefficient (Wildman–Crippen LogP) is 0.457. The smallest absolute Gasteiger partial charge is 0.251 e. The maximum Gasteiger partial charge on any atom is 0.251 e. The van der Waals surface area contributed by atoms with Gasteiger partial charge in [-0.2, -0.15) is 0 Å². The first-order valence-corrected chi connectivity index (χ1v) is 8.13. The maximum absolute atomic E-state index is 12.0. The predicted molar refractivity (Wildman–Crippen MR) is 97.0 cm³/mol. The number of benzene rings is 1. The molecule has 0 unspecified atom stereocenters. The molecule has 8 heteroatoms. The minimum atomic E-state index is -0.593. The van der Waals surface area contributed by atoms with Crippen LogP contribution in [0, 0.1) is 5.92 Å². The fraction of sp³-hybridized carbons (Fsp3) is 0.471. The first-order valence-electron chi connectivity index (χ1n) is 8.13. The lowest BCUT2D eigenvalue weighted by Crippen LogP contribution is -2.33. The molecule has 25 heavy (non-hydrogen) atoms. The molecule has 3 amide bonds. The van der Waals surface area contributed by atoms with Gasteiger partial charge < -0.3 is 22.1 Å². The number of hydrogen-bond donors (Lipinski definition) is 4. The number of nitrogens with two attached hydrogens (primary N) is 2. The van der Waals surface area contributed by atoms with E-state index >= 15 is 0 Å². The Morgan fingerprint density at radius 2 is 1.76 bits per heavy atom. The Morgan fingerprint density at radius 3 is 2.32 bits per heavy atom. The molecule has 0 saturated heterocycles. The van der Waals surface area contributed by atoms with Gasteiger partial charge in [0.2, 0.25) is 11.8 Å². The van der Waals surface area contributed by atoms with Crippen LogP contribution >= 0.6 is 12.4 Å². The molecule has 0 spiro atoms. The molecule has 0 bridgehead atoms. The van der Waals surface area contributed by atoms with Gasteiger partial charge in [-0.3, -0.25) is 14.4 Å². The Balaban J connectivity index is 0.00000312. The van der Waals surface area contributed by atoms with Crippen molar-refractivity contribution in [2.45, 2.75) is 38.3 Å². The highest BCUT2D eigenvalue weighted by atomic mass is 35.5. The maximum atomic E-state index is 12.0. The van der Waals surface area contributed by atoms with Crippen LogP contribution in [0.2, 0.25) is 0 Å². The van der Waals surface area contributed by atoms with Crippen molar-refractivity contribution >= 4 is 30.1 Å². The lowest BCUT2D eigenvalue weighted by atomic mass is 10.00. The zero-order valence-electron chi connectivity index (χ0n) is 14.0. The van der Waals surface area contributed by atoms with Gasteiger partial charge in [0.1, 0.15) is 0 Å². The standard InChI is InChI=1S/C17H24N4O3.ClH/c18-14-3-1-2-13(14)8-16(23)20-9-11-4-6-12(7-5-11)17(24)21-10-15(19)22;/h4-7,13-14H,1-3,8-10,18H2,(H2,19,22)(H,20,23)(H,21,24);1H/t13-,14+;/m0./s1. The zero-order chi connectivity index (χ0) is 17.5. The van der Waals surface area contributed by atoms with Crippen LogP contribution in [0.1, 0.15) is 41.6 Å². The van der Waals surface area contributed by atoms with Crippen molar-refractivity contribution in [3.05, 3.63) is 35.4 Å². The fourth-order valence-corrected chi connectivity index (χ4v) is 2.87. The third-order valence-electron chi connectivity index (χ3n) is 4.29. The van der Waals surface area contributed by atoms with Gasteiger partial charge in [-0.25, -0.2) is 0 Å². The van der Waals surface area contributed by atoms with Crippen molar-refractivity contribution in [2.24, 2.45) is 17.4 Å². The lowest BCUT2D eigenvalue weighted by molar-refractivity contribution is -0.122. The average molecular weight is 369 g/mol. The molecule has 0 radical (unpaired) electrons. The van der Waals surface area contributed by atoms with E-state index in [1.54, 1.807) is 24.3 Å². The van der Waals surface area contributed by atoms with E-state index in [0.717, 1.165) is 24.8 Å². The Hall–Kier alpha value is -2.12. The van der Waals surface area contributed by atoms with Gasteiger partial charge in [0.25, 0.3) is 5.91 Å². The van der Waals surface area contributed by atoms with Crippen LogP contribution < -0.4 is 22.1 Å². The van der Waals surface area contributed by atoms with Crippen LogP contribution in [-0.2, 0) is 16.1 Å². The van der Waals surface area contributed by atoms with Gasteiger partial charge in [-0.1, -0.05) is 18.6 Å². The summed E-state index contributed by atoms with van der Waals surface area (Å²) in [6.45, 7) is 0.212. The Bertz CT molecular complexity index is 606. The van der Waals surface area contributed by atoms with Crippen LogP contribution in [0.25, 0.3) is 0 Å². The molecule has 2 rings (SSSR count). The van der Waals surface area contributed by atoms with Crippen molar-refractivity contribution in [3.63, 3.8) is 0 Å². The van der Waals surface area contributed by atoms with Gasteiger partial charge in [-0.05, 0) is 36.5 Å². The van der Waals surface area contributed by atoms with Crippen molar-refractivity contribution in [1.29, 1.82) is 0 Å². The van der Waals surface area contributed by atoms with E-state index < -0.39 is 5.91 Å². The molecular weight excluding hydrogens is 344 g/mol. The summed E-state index contributed by atoms with van der Waals surface area (Å²) in [6.07, 6.45) is 3.58. The Kier molecular flexibility index (Phi) is 8.37. The molecule has 1 aliphatic carbocycles. The van der Waals surface area contributed by atoms with Crippen LogP contribution in [-0.4, -0.2) is 30.3 Å². The van der Waals surface area contributed by atoms with Crippen molar-refractivity contribution in [1.82, 2.24) is 10.6 Å². The molecule has 0 aliphatic heterocycles. The highest BCUT2D eigenvalue weighted by Gasteiger charge is 2.25. The van der Waals surface area contributed by atoms with E-state index in [2.05, 4.69) is 10.6 Å². The van der Waals surface area contributed by atoms with Crippen LogP contribution in [0.4, 0.5) is 0 Å². The topological polar surface area (TPSA) is 127 Å². The number of carbonyl (C=O) groups is 3. The van der Waals surface area contributed by atoms with Gasteiger partial charge in [0.05, 0.1) is 6.54 Å². The second kappa shape index (κ2) is 10.0.